The summed E-state index contributed by atoms with van der Waals surface area (Å²) in [5, 5.41) is 19.3. The molecular weight excluding hydrogens is 285 g/mol. The molecule has 0 spiro atoms. The van der Waals surface area contributed by atoms with Gasteiger partial charge in [0, 0.05) is 23.2 Å². The molecule has 1 atom stereocenters. The number of aromatic amines is 1. The third-order valence-electron chi connectivity index (χ3n) is 3.34. The summed E-state index contributed by atoms with van der Waals surface area (Å²) in [4.78, 5) is 12.0. The fourth-order valence-electron chi connectivity index (χ4n) is 1.96. The molecule has 22 heavy (non-hydrogen) atoms. The quantitative estimate of drug-likeness (QED) is 0.811. The van der Waals surface area contributed by atoms with Crippen molar-refractivity contribution in [3.05, 3.63) is 53.1 Å². The van der Waals surface area contributed by atoms with E-state index in [2.05, 4.69) is 15.5 Å². The van der Waals surface area contributed by atoms with Gasteiger partial charge in [-0.3, -0.25) is 9.89 Å². The van der Waals surface area contributed by atoms with E-state index in [1.54, 1.807) is 18.2 Å². The lowest BCUT2D eigenvalue weighted by molar-refractivity contribution is 0.0909. The molecule has 1 amide bonds. The maximum atomic E-state index is 13.5. The Morgan fingerprint density at radius 1 is 1.41 bits per heavy atom. The molecule has 1 heterocycles. The maximum Gasteiger partial charge on any atom is 0.271 e. The lowest BCUT2D eigenvalue weighted by atomic mass is 9.92. The van der Waals surface area contributed by atoms with Gasteiger partial charge in [0.25, 0.3) is 5.91 Å². The smallest absolute Gasteiger partial charge is 0.271 e. The topological polar surface area (TPSA) is 78.0 Å². The second kappa shape index (κ2) is 6.27. The summed E-state index contributed by atoms with van der Waals surface area (Å²) in [7, 11) is 0. The molecule has 118 valence electrons. The molecule has 0 radical (unpaired) electrons. The van der Waals surface area contributed by atoms with Crippen LogP contribution in [0.5, 0.6) is 0 Å². The number of benzene rings is 1. The van der Waals surface area contributed by atoms with Gasteiger partial charge in [0.05, 0.1) is 6.10 Å². The number of hydrogen-bond acceptors (Lipinski definition) is 3. The number of rotatable bonds is 4. The van der Waals surface area contributed by atoms with E-state index in [4.69, 9.17) is 0 Å². The standard InChI is InChI=1S/C16H20FN3O2/c1-16(2,3)14-8-12(19-20-14)15(22)18-9-13(21)10-6-4-5-7-11(10)17/h4-8,13,21H,9H2,1-3H3,(H,18,22)(H,19,20). The van der Waals surface area contributed by atoms with Crippen LogP contribution in [-0.4, -0.2) is 27.8 Å². The summed E-state index contributed by atoms with van der Waals surface area (Å²) >= 11 is 0. The van der Waals surface area contributed by atoms with Crippen LogP contribution in [0.3, 0.4) is 0 Å². The summed E-state index contributed by atoms with van der Waals surface area (Å²) in [6, 6.07) is 7.60. The van der Waals surface area contributed by atoms with Crippen LogP contribution in [-0.2, 0) is 5.41 Å². The first-order valence-electron chi connectivity index (χ1n) is 7.05. The normalized spacial score (nSPS) is 13.0. The SMILES string of the molecule is CC(C)(C)c1cc(C(=O)NCC(O)c2ccccc2F)n[nH]1. The van der Waals surface area contributed by atoms with Gasteiger partial charge in [-0.2, -0.15) is 5.10 Å². The Morgan fingerprint density at radius 2 is 2.09 bits per heavy atom. The zero-order valence-electron chi connectivity index (χ0n) is 12.9. The Balaban J connectivity index is 1.98. The van der Waals surface area contributed by atoms with E-state index < -0.39 is 17.8 Å². The van der Waals surface area contributed by atoms with E-state index in [1.807, 2.05) is 20.8 Å². The van der Waals surface area contributed by atoms with Gasteiger partial charge in [-0.25, -0.2) is 4.39 Å². The van der Waals surface area contributed by atoms with Crippen LogP contribution in [0.4, 0.5) is 4.39 Å². The van der Waals surface area contributed by atoms with Crippen LogP contribution < -0.4 is 5.32 Å². The predicted molar refractivity (Wildman–Crippen MR) is 81.0 cm³/mol. The van der Waals surface area contributed by atoms with Gasteiger partial charge in [0.1, 0.15) is 11.5 Å². The minimum Gasteiger partial charge on any atom is -0.386 e. The van der Waals surface area contributed by atoms with Crippen LogP contribution >= 0.6 is 0 Å². The van der Waals surface area contributed by atoms with Crippen LogP contribution in [0.15, 0.2) is 30.3 Å². The Kier molecular flexibility index (Phi) is 4.61. The highest BCUT2D eigenvalue weighted by Crippen LogP contribution is 2.20. The first-order valence-corrected chi connectivity index (χ1v) is 7.05. The minimum absolute atomic E-state index is 0.0858. The summed E-state index contributed by atoms with van der Waals surface area (Å²) in [6.45, 7) is 5.93. The van der Waals surface area contributed by atoms with Crippen molar-refractivity contribution in [2.24, 2.45) is 0 Å². The second-order valence-corrected chi connectivity index (χ2v) is 6.16. The average Bonchev–Trinajstić information content (AvgIpc) is 2.95. The number of aliphatic hydroxyl groups excluding tert-OH is 1. The molecule has 0 fully saturated rings. The molecule has 2 aromatic rings. The minimum atomic E-state index is -1.11. The number of aromatic nitrogens is 2. The number of hydrogen-bond donors (Lipinski definition) is 3. The summed E-state index contributed by atoms with van der Waals surface area (Å²) in [5.74, 6) is -0.916. The number of amides is 1. The molecule has 2 rings (SSSR count). The third kappa shape index (κ3) is 3.71. The Bertz CT molecular complexity index is 661. The molecule has 0 aliphatic carbocycles. The first-order chi connectivity index (χ1) is 10.3. The largest absolute Gasteiger partial charge is 0.386 e. The molecule has 0 aliphatic rings. The van der Waals surface area contributed by atoms with Crippen molar-refractivity contribution in [2.45, 2.75) is 32.3 Å². The monoisotopic (exact) mass is 305 g/mol. The summed E-state index contributed by atoms with van der Waals surface area (Å²) in [6.07, 6.45) is -1.11. The van der Waals surface area contributed by atoms with Gasteiger partial charge in [-0.15, -0.1) is 0 Å². The maximum absolute atomic E-state index is 13.5. The van der Waals surface area contributed by atoms with Crippen LogP contribution in [0.1, 0.15) is 48.6 Å². The molecule has 1 aromatic heterocycles. The van der Waals surface area contributed by atoms with E-state index in [0.29, 0.717) is 0 Å². The number of carbonyl (C=O) groups is 1. The van der Waals surface area contributed by atoms with Gasteiger partial charge >= 0.3 is 0 Å². The van der Waals surface area contributed by atoms with Crippen molar-refractivity contribution >= 4 is 5.91 Å². The van der Waals surface area contributed by atoms with E-state index in [0.717, 1.165) is 5.69 Å². The zero-order valence-corrected chi connectivity index (χ0v) is 12.9. The van der Waals surface area contributed by atoms with Crippen LogP contribution in [0.2, 0.25) is 0 Å². The third-order valence-corrected chi connectivity index (χ3v) is 3.34. The van der Waals surface area contributed by atoms with Crippen molar-refractivity contribution in [2.75, 3.05) is 6.54 Å². The van der Waals surface area contributed by atoms with Gasteiger partial charge in [0.15, 0.2) is 0 Å². The highest BCUT2D eigenvalue weighted by atomic mass is 19.1. The molecule has 0 saturated carbocycles. The highest BCUT2D eigenvalue weighted by molar-refractivity contribution is 5.92. The van der Waals surface area contributed by atoms with Crippen LogP contribution in [0.25, 0.3) is 0 Å². The fourth-order valence-corrected chi connectivity index (χ4v) is 1.96. The molecule has 6 heteroatoms. The van der Waals surface area contributed by atoms with Crippen molar-refractivity contribution in [3.63, 3.8) is 0 Å². The molecule has 0 aliphatic heterocycles. The van der Waals surface area contributed by atoms with Gasteiger partial charge in [-0.05, 0) is 12.1 Å². The molecule has 0 saturated heterocycles. The Morgan fingerprint density at radius 3 is 2.68 bits per heavy atom. The number of carbonyl (C=O) groups excluding carboxylic acids is 1. The van der Waals surface area contributed by atoms with Crippen molar-refractivity contribution in [3.8, 4) is 0 Å². The number of nitrogens with zero attached hydrogens (tertiary/aromatic N) is 1. The second-order valence-electron chi connectivity index (χ2n) is 6.16. The number of halogens is 1. The van der Waals surface area contributed by atoms with Crippen molar-refractivity contribution < 1.29 is 14.3 Å². The fraction of sp³-hybridized carbons (Fsp3) is 0.375. The van der Waals surface area contributed by atoms with Crippen LogP contribution in [0, 0.1) is 5.82 Å². The molecule has 1 unspecified atom stereocenters. The summed E-state index contributed by atoms with van der Waals surface area (Å²) < 4.78 is 13.5. The van der Waals surface area contributed by atoms with E-state index >= 15 is 0 Å². The van der Waals surface area contributed by atoms with E-state index in [9.17, 15) is 14.3 Å². The van der Waals surface area contributed by atoms with Crippen molar-refractivity contribution in [1.82, 2.24) is 15.5 Å². The molecule has 5 nitrogen and oxygen atoms in total. The Labute approximate surface area is 128 Å². The summed E-state index contributed by atoms with van der Waals surface area (Å²) in [5.41, 5.74) is 1.09. The number of H-pyrrole nitrogens is 1. The van der Waals surface area contributed by atoms with Gasteiger partial charge in [0.2, 0.25) is 0 Å². The van der Waals surface area contributed by atoms with Gasteiger partial charge < -0.3 is 10.4 Å². The first kappa shape index (κ1) is 16.2. The van der Waals surface area contributed by atoms with E-state index in [1.165, 1.54) is 12.1 Å². The zero-order chi connectivity index (χ0) is 16.3. The Hall–Kier alpha value is -2.21. The van der Waals surface area contributed by atoms with Gasteiger partial charge in [-0.1, -0.05) is 39.0 Å². The predicted octanol–water partition coefficient (Wildman–Crippen LogP) is 2.31. The molecule has 1 aromatic carbocycles. The number of aliphatic hydroxyl groups is 1. The lowest BCUT2D eigenvalue weighted by Crippen LogP contribution is -2.29. The molecular formula is C16H20FN3O2. The molecule has 3 N–H and O–H groups in total. The number of nitrogens with one attached hydrogen (secondary N) is 2. The van der Waals surface area contributed by atoms with E-state index in [-0.39, 0.29) is 23.2 Å². The highest BCUT2D eigenvalue weighted by Gasteiger charge is 2.20. The molecule has 0 bridgehead atoms. The lowest BCUT2D eigenvalue weighted by Gasteiger charge is -2.14. The average molecular weight is 305 g/mol. The van der Waals surface area contributed by atoms with Crippen molar-refractivity contribution in [1.29, 1.82) is 0 Å².